The van der Waals surface area contributed by atoms with Crippen molar-refractivity contribution in [1.29, 1.82) is 0 Å². The van der Waals surface area contributed by atoms with Gasteiger partial charge in [-0.25, -0.2) is 0 Å². The first kappa shape index (κ1) is 17.1. The van der Waals surface area contributed by atoms with Gasteiger partial charge < -0.3 is 10.1 Å². The fraction of sp³-hybridized carbons (Fsp3) is 0.579. The summed E-state index contributed by atoms with van der Waals surface area (Å²) in [7, 11) is -1.35. The molecule has 120 valence electrons. The Bertz CT molecular complexity index is 602. The van der Waals surface area contributed by atoms with E-state index in [9.17, 15) is 0 Å². The fourth-order valence-corrected chi connectivity index (χ4v) is 3.32. The summed E-state index contributed by atoms with van der Waals surface area (Å²) in [5.74, 6) is 3.35. The summed E-state index contributed by atoms with van der Waals surface area (Å²) in [4.78, 5) is 0. The van der Waals surface area contributed by atoms with Crippen molar-refractivity contribution in [2.45, 2.75) is 71.5 Å². The molecular weight excluding hydrogens is 286 g/mol. The molecule has 1 heterocycles. The quantitative estimate of drug-likeness (QED) is 0.627. The minimum atomic E-state index is -1.35. The Morgan fingerprint density at radius 2 is 1.95 bits per heavy atom. The lowest BCUT2D eigenvalue weighted by molar-refractivity contribution is 0.00646. The van der Waals surface area contributed by atoms with E-state index < -0.39 is 8.07 Å². The number of rotatable bonds is 2. The van der Waals surface area contributed by atoms with E-state index in [1.165, 1.54) is 11.3 Å². The third-order valence-corrected chi connectivity index (χ3v) is 4.65. The van der Waals surface area contributed by atoms with Gasteiger partial charge in [-0.3, -0.25) is 0 Å². The standard InChI is InChI=1S/C19H29NOSi/c1-14(2)21-18-13-19(3,4)16-9-8-15(12-17(16)20-18)10-11-22(5,6)7/h8-9,12,14,18,20H,13H2,1-7H3. The molecule has 1 N–H and O–H groups in total. The molecule has 2 nitrogen and oxygen atoms in total. The minimum absolute atomic E-state index is 0.0719. The Morgan fingerprint density at radius 1 is 1.27 bits per heavy atom. The maximum absolute atomic E-state index is 6.00. The predicted octanol–water partition coefficient (Wildman–Crippen LogP) is 4.76. The van der Waals surface area contributed by atoms with Gasteiger partial charge in [-0.05, 0) is 37.0 Å². The van der Waals surface area contributed by atoms with Crippen LogP contribution in [0.1, 0.15) is 45.2 Å². The van der Waals surface area contributed by atoms with Crippen LogP contribution in [0.15, 0.2) is 18.2 Å². The van der Waals surface area contributed by atoms with E-state index in [1.54, 1.807) is 0 Å². The summed E-state index contributed by atoms with van der Waals surface area (Å²) in [5.41, 5.74) is 7.17. The van der Waals surface area contributed by atoms with Gasteiger partial charge in [-0.2, -0.15) is 0 Å². The normalized spacial score (nSPS) is 19.9. The molecule has 1 aliphatic heterocycles. The van der Waals surface area contributed by atoms with Crippen molar-refractivity contribution >= 4 is 13.8 Å². The van der Waals surface area contributed by atoms with Crippen LogP contribution in [0, 0.1) is 11.5 Å². The summed E-state index contributed by atoms with van der Waals surface area (Å²) in [5, 5.41) is 3.54. The van der Waals surface area contributed by atoms with Gasteiger partial charge in [0.25, 0.3) is 0 Å². The lowest BCUT2D eigenvalue weighted by Gasteiger charge is -2.39. The largest absolute Gasteiger partial charge is 0.360 e. The van der Waals surface area contributed by atoms with E-state index in [0.29, 0.717) is 0 Å². The number of fused-ring (bicyclic) bond motifs is 1. The first-order valence-electron chi connectivity index (χ1n) is 8.16. The maximum Gasteiger partial charge on any atom is 0.129 e. The van der Waals surface area contributed by atoms with Crippen molar-refractivity contribution in [2.24, 2.45) is 0 Å². The molecule has 1 aliphatic rings. The second-order valence-electron chi connectivity index (χ2n) is 8.17. The van der Waals surface area contributed by atoms with E-state index >= 15 is 0 Å². The molecule has 1 aromatic carbocycles. The molecule has 0 saturated heterocycles. The summed E-state index contributed by atoms with van der Waals surface area (Å²) in [6.07, 6.45) is 1.28. The molecular formula is C19H29NOSi. The number of hydrogen-bond acceptors (Lipinski definition) is 2. The van der Waals surface area contributed by atoms with E-state index in [0.717, 1.165) is 12.0 Å². The topological polar surface area (TPSA) is 21.3 Å². The fourth-order valence-electron chi connectivity index (χ4n) is 2.80. The molecule has 3 heteroatoms. The number of nitrogens with one attached hydrogen (secondary N) is 1. The van der Waals surface area contributed by atoms with Crippen LogP contribution >= 0.6 is 0 Å². The van der Waals surface area contributed by atoms with Crippen molar-refractivity contribution in [2.75, 3.05) is 5.32 Å². The van der Waals surface area contributed by atoms with Gasteiger partial charge in [0, 0.05) is 17.7 Å². The van der Waals surface area contributed by atoms with Crippen molar-refractivity contribution in [3.05, 3.63) is 29.3 Å². The van der Waals surface area contributed by atoms with Crippen molar-refractivity contribution in [3.8, 4) is 11.5 Å². The number of anilines is 1. The summed E-state index contributed by atoms with van der Waals surface area (Å²) < 4.78 is 6.00. The molecule has 1 atom stereocenters. The summed E-state index contributed by atoms with van der Waals surface area (Å²) >= 11 is 0. The Hall–Kier alpha value is -1.24. The zero-order valence-corrected chi connectivity index (χ0v) is 16.0. The van der Waals surface area contributed by atoms with Crippen LogP contribution in [0.25, 0.3) is 0 Å². The van der Waals surface area contributed by atoms with Crippen LogP contribution in [0.2, 0.25) is 19.6 Å². The lowest BCUT2D eigenvalue weighted by Crippen LogP contribution is -2.39. The number of ether oxygens (including phenoxy) is 1. The average molecular weight is 316 g/mol. The van der Waals surface area contributed by atoms with Gasteiger partial charge in [0.2, 0.25) is 0 Å². The van der Waals surface area contributed by atoms with Gasteiger partial charge in [-0.1, -0.05) is 45.5 Å². The molecule has 0 saturated carbocycles. The first-order chi connectivity index (χ1) is 10.1. The monoisotopic (exact) mass is 315 g/mol. The Labute approximate surface area is 136 Å². The molecule has 1 unspecified atom stereocenters. The smallest absolute Gasteiger partial charge is 0.129 e. The van der Waals surface area contributed by atoms with Crippen LogP contribution in [0.5, 0.6) is 0 Å². The molecule has 1 aromatic rings. The highest BCUT2D eigenvalue weighted by Gasteiger charge is 2.33. The maximum atomic E-state index is 6.00. The van der Waals surface area contributed by atoms with Crippen molar-refractivity contribution in [1.82, 2.24) is 0 Å². The molecule has 0 aromatic heterocycles. The van der Waals surface area contributed by atoms with E-state index in [1.807, 2.05) is 0 Å². The van der Waals surface area contributed by atoms with Crippen LogP contribution in [0.4, 0.5) is 5.69 Å². The third kappa shape index (κ3) is 4.38. The highest BCUT2D eigenvalue weighted by atomic mass is 28.3. The Kier molecular flexibility index (Phi) is 4.75. The van der Waals surface area contributed by atoms with Crippen LogP contribution in [-0.4, -0.2) is 20.4 Å². The lowest BCUT2D eigenvalue weighted by atomic mass is 9.77. The van der Waals surface area contributed by atoms with Crippen molar-refractivity contribution < 1.29 is 4.74 Å². The first-order valence-corrected chi connectivity index (χ1v) is 11.7. The highest BCUT2D eigenvalue weighted by Crippen LogP contribution is 2.39. The molecule has 2 rings (SSSR count). The minimum Gasteiger partial charge on any atom is -0.360 e. The third-order valence-electron chi connectivity index (χ3n) is 3.78. The van der Waals surface area contributed by atoms with Gasteiger partial charge in [0.1, 0.15) is 14.3 Å². The number of hydrogen-bond donors (Lipinski definition) is 1. The summed E-state index contributed by atoms with van der Waals surface area (Å²) in [6, 6.07) is 6.56. The van der Waals surface area contributed by atoms with Crippen LogP contribution < -0.4 is 5.32 Å². The Balaban J connectivity index is 2.32. The van der Waals surface area contributed by atoms with E-state index in [2.05, 4.69) is 82.3 Å². The predicted molar refractivity (Wildman–Crippen MR) is 97.9 cm³/mol. The van der Waals surface area contributed by atoms with Crippen LogP contribution in [-0.2, 0) is 10.2 Å². The second kappa shape index (κ2) is 6.10. The van der Waals surface area contributed by atoms with Crippen LogP contribution in [0.3, 0.4) is 0 Å². The summed E-state index contributed by atoms with van der Waals surface area (Å²) in [6.45, 7) is 15.6. The zero-order chi connectivity index (χ0) is 16.5. The zero-order valence-electron chi connectivity index (χ0n) is 15.0. The van der Waals surface area contributed by atoms with Crippen molar-refractivity contribution in [3.63, 3.8) is 0 Å². The van der Waals surface area contributed by atoms with Gasteiger partial charge in [-0.15, -0.1) is 5.54 Å². The average Bonchev–Trinajstić information content (AvgIpc) is 2.33. The Morgan fingerprint density at radius 3 is 2.55 bits per heavy atom. The molecule has 0 spiro atoms. The van der Waals surface area contributed by atoms with E-state index in [4.69, 9.17) is 4.74 Å². The molecule has 22 heavy (non-hydrogen) atoms. The molecule has 0 fully saturated rings. The molecule has 0 aliphatic carbocycles. The second-order valence-corrected chi connectivity index (χ2v) is 12.9. The van der Waals surface area contributed by atoms with E-state index in [-0.39, 0.29) is 17.7 Å². The SMILES string of the molecule is CC(C)OC1CC(C)(C)c2ccc(C#C[Si](C)(C)C)cc2N1. The molecule has 0 bridgehead atoms. The molecule has 0 amide bonds. The number of benzene rings is 1. The van der Waals surface area contributed by atoms with Gasteiger partial charge >= 0.3 is 0 Å². The van der Waals surface area contributed by atoms with Gasteiger partial charge in [0.15, 0.2) is 0 Å². The highest BCUT2D eigenvalue weighted by molar-refractivity contribution is 6.83. The van der Waals surface area contributed by atoms with Gasteiger partial charge in [0.05, 0.1) is 6.10 Å². The molecule has 0 radical (unpaired) electrons.